The van der Waals surface area contributed by atoms with Crippen molar-refractivity contribution in [1.82, 2.24) is 4.98 Å². The second-order valence-electron chi connectivity index (χ2n) is 6.86. The minimum Gasteiger partial charge on any atom is -0.422 e. The number of hydrogen-bond acceptors (Lipinski definition) is 5. The molecule has 5 heteroatoms. The van der Waals surface area contributed by atoms with Crippen LogP contribution in [-0.4, -0.2) is 16.9 Å². The molecule has 0 saturated carbocycles. The molecule has 1 aromatic heterocycles. The third-order valence-corrected chi connectivity index (χ3v) is 4.56. The lowest BCUT2D eigenvalue weighted by atomic mass is 10.1. The predicted molar refractivity (Wildman–Crippen MR) is 117 cm³/mol. The van der Waals surface area contributed by atoms with Crippen molar-refractivity contribution in [2.45, 2.75) is 6.92 Å². The summed E-state index contributed by atoms with van der Waals surface area (Å²) in [5, 5.41) is 0. The van der Waals surface area contributed by atoms with Crippen molar-refractivity contribution in [2.24, 2.45) is 0 Å². The van der Waals surface area contributed by atoms with Gasteiger partial charge in [-0.05, 0) is 61.0 Å². The zero-order valence-corrected chi connectivity index (χ0v) is 16.8. The standard InChI is InChI=1S/C26H19NO4/c1-18-16-22(30-25(28)19-10-4-2-5-11-19)24(21-14-8-9-15-27-21)23(17-18)31-26(29)20-12-6-3-7-13-20/h2-17H,1H3. The van der Waals surface area contributed by atoms with Gasteiger partial charge in [-0.25, -0.2) is 9.59 Å². The van der Waals surface area contributed by atoms with E-state index in [4.69, 9.17) is 9.47 Å². The molecule has 0 fully saturated rings. The van der Waals surface area contributed by atoms with Gasteiger partial charge >= 0.3 is 11.9 Å². The van der Waals surface area contributed by atoms with Gasteiger partial charge < -0.3 is 9.47 Å². The predicted octanol–water partition coefficient (Wildman–Crippen LogP) is 5.50. The average molecular weight is 409 g/mol. The third-order valence-electron chi connectivity index (χ3n) is 4.56. The second-order valence-corrected chi connectivity index (χ2v) is 6.86. The van der Waals surface area contributed by atoms with Crippen LogP contribution in [0.25, 0.3) is 11.3 Å². The Morgan fingerprint density at radius 2 is 1.16 bits per heavy atom. The van der Waals surface area contributed by atoms with Crippen molar-refractivity contribution in [3.05, 3.63) is 114 Å². The number of benzene rings is 3. The van der Waals surface area contributed by atoms with Gasteiger partial charge in [0.2, 0.25) is 0 Å². The summed E-state index contributed by atoms with van der Waals surface area (Å²) >= 11 is 0. The number of hydrogen-bond donors (Lipinski definition) is 0. The highest BCUT2D eigenvalue weighted by Crippen LogP contribution is 2.39. The summed E-state index contributed by atoms with van der Waals surface area (Å²) in [4.78, 5) is 29.8. The summed E-state index contributed by atoms with van der Waals surface area (Å²) in [5.74, 6) is -0.487. The minimum atomic E-state index is -0.510. The van der Waals surface area contributed by atoms with Gasteiger partial charge in [0.1, 0.15) is 11.5 Å². The molecule has 1 heterocycles. The quantitative estimate of drug-likeness (QED) is 0.322. The highest BCUT2D eigenvalue weighted by molar-refractivity contribution is 5.94. The monoisotopic (exact) mass is 409 g/mol. The molecule has 0 N–H and O–H groups in total. The molecule has 152 valence electrons. The van der Waals surface area contributed by atoms with E-state index < -0.39 is 11.9 Å². The molecule has 3 aromatic carbocycles. The van der Waals surface area contributed by atoms with E-state index in [1.807, 2.05) is 25.1 Å². The maximum atomic E-state index is 12.7. The Morgan fingerprint density at radius 3 is 1.61 bits per heavy atom. The maximum Gasteiger partial charge on any atom is 0.343 e. The Bertz CT molecular complexity index is 1130. The molecule has 0 saturated heterocycles. The highest BCUT2D eigenvalue weighted by atomic mass is 16.5. The number of ether oxygens (including phenoxy) is 2. The van der Waals surface area contributed by atoms with Crippen molar-refractivity contribution in [1.29, 1.82) is 0 Å². The lowest BCUT2D eigenvalue weighted by molar-refractivity contribution is 0.0734. The fourth-order valence-corrected chi connectivity index (χ4v) is 3.11. The van der Waals surface area contributed by atoms with Crippen molar-refractivity contribution in [3.63, 3.8) is 0 Å². The Hall–Kier alpha value is -4.25. The SMILES string of the molecule is Cc1cc(OC(=O)c2ccccc2)c(-c2ccccn2)c(OC(=O)c2ccccc2)c1. The average Bonchev–Trinajstić information content (AvgIpc) is 2.80. The summed E-state index contributed by atoms with van der Waals surface area (Å²) in [6, 6.07) is 26.2. The molecule has 31 heavy (non-hydrogen) atoms. The summed E-state index contributed by atoms with van der Waals surface area (Å²) in [5.41, 5.74) is 2.55. The smallest absolute Gasteiger partial charge is 0.343 e. The Labute approximate surface area is 179 Å². The van der Waals surface area contributed by atoms with Crippen LogP contribution in [0.1, 0.15) is 26.3 Å². The zero-order valence-electron chi connectivity index (χ0n) is 16.8. The van der Waals surface area contributed by atoms with E-state index in [0.717, 1.165) is 5.56 Å². The first-order valence-corrected chi connectivity index (χ1v) is 9.72. The van der Waals surface area contributed by atoms with Crippen LogP contribution in [0.2, 0.25) is 0 Å². The van der Waals surface area contributed by atoms with Gasteiger partial charge in [0.05, 0.1) is 22.4 Å². The van der Waals surface area contributed by atoms with Crippen LogP contribution < -0.4 is 9.47 Å². The van der Waals surface area contributed by atoms with Crippen LogP contribution in [0.3, 0.4) is 0 Å². The number of aromatic nitrogens is 1. The van der Waals surface area contributed by atoms with Gasteiger partial charge in [0.25, 0.3) is 0 Å². The van der Waals surface area contributed by atoms with E-state index in [9.17, 15) is 9.59 Å². The Kier molecular flexibility index (Phi) is 5.85. The van der Waals surface area contributed by atoms with E-state index in [1.165, 1.54) is 0 Å². The van der Waals surface area contributed by atoms with Gasteiger partial charge in [0, 0.05) is 6.20 Å². The lowest BCUT2D eigenvalue weighted by Gasteiger charge is -2.16. The first kappa shape index (κ1) is 20.0. The van der Waals surface area contributed by atoms with Crippen molar-refractivity contribution in [3.8, 4) is 22.8 Å². The van der Waals surface area contributed by atoms with Crippen LogP contribution in [0.4, 0.5) is 0 Å². The second kappa shape index (κ2) is 9.05. The topological polar surface area (TPSA) is 65.5 Å². The number of aryl methyl sites for hydroxylation is 1. The Balaban J connectivity index is 1.77. The number of esters is 2. The molecule has 4 rings (SSSR count). The van der Waals surface area contributed by atoms with E-state index in [1.54, 1.807) is 79.0 Å². The number of rotatable bonds is 5. The van der Waals surface area contributed by atoms with Gasteiger partial charge in [-0.1, -0.05) is 42.5 Å². The fraction of sp³-hybridized carbons (Fsp3) is 0.0385. The normalized spacial score (nSPS) is 10.4. The molecule has 0 aliphatic rings. The molecule has 0 bridgehead atoms. The lowest BCUT2D eigenvalue weighted by Crippen LogP contribution is -2.12. The van der Waals surface area contributed by atoms with E-state index in [2.05, 4.69) is 4.98 Å². The van der Waals surface area contributed by atoms with Crippen molar-refractivity contribution >= 4 is 11.9 Å². The summed E-state index contributed by atoms with van der Waals surface area (Å²) < 4.78 is 11.4. The molecular weight excluding hydrogens is 390 g/mol. The summed E-state index contributed by atoms with van der Waals surface area (Å²) in [6.45, 7) is 1.84. The molecule has 0 aliphatic heterocycles. The summed E-state index contributed by atoms with van der Waals surface area (Å²) in [7, 11) is 0. The summed E-state index contributed by atoms with van der Waals surface area (Å²) in [6.07, 6.45) is 1.63. The van der Waals surface area contributed by atoms with Crippen LogP contribution >= 0.6 is 0 Å². The maximum absolute atomic E-state index is 12.7. The molecular formula is C26H19NO4. The van der Waals surface area contributed by atoms with Gasteiger partial charge in [-0.2, -0.15) is 0 Å². The largest absolute Gasteiger partial charge is 0.422 e. The van der Waals surface area contributed by atoms with Gasteiger partial charge in [0.15, 0.2) is 0 Å². The van der Waals surface area contributed by atoms with Crippen molar-refractivity contribution in [2.75, 3.05) is 0 Å². The minimum absolute atomic E-state index is 0.267. The number of carbonyl (C=O) groups is 2. The van der Waals surface area contributed by atoms with E-state index in [0.29, 0.717) is 22.4 Å². The molecule has 0 spiro atoms. The molecule has 0 radical (unpaired) electrons. The van der Waals surface area contributed by atoms with Crippen LogP contribution in [0.15, 0.2) is 97.2 Å². The molecule has 0 aliphatic carbocycles. The number of pyridine rings is 1. The Morgan fingerprint density at radius 1 is 0.677 bits per heavy atom. The molecule has 0 amide bonds. The van der Waals surface area contributed by atoms with Crippen molar-refractivity contribution < 1.29 is 19.1 Å². The molecule has 0 unspecified atom stereocenters. The molecule has 0 atom stereocenters. The first-order chi connectivity index (χ1) is 15.1. The van der Waals surface area contributed by atoms with E-state index in [-0.39, 0.29) is 11.5 Å². The van der Waals surface area contributed by atoms with Gasteiger partial charge in [-0.15, -0.1) is 0 Å². The fourth-order valence-electron chi connectivity index (χ4n) is 3.11. The highest BCUT2D eigenvalue weighted by Gasteiger charge is 2.21. The number of nitrogens with zero attached hydrogens (tertiary/aromatic N) is 1. The molecule has 5 nitrogen and oxygen atoms in total. The van der Waals surface area contributed by atoms with Crippen LogP contribution in [0, 0.1) is 6.92 Å². The number of carbonyl (C=O) groups excluding carboxylic acids is 2. The third kappa shape index (κ3) is 4.67. The van der Waals surface area contributed by atoms with E-state index >= 15 is 0 Å². The van der Waals surface area contributed by atoms with Crippen LogP contribution in [0.5, 0.6) is 11.5 Å². The molecule has 4 aromatic rings. The van der Waals surface area contributed by atoms with Crippen LogP contribution in [-0.2, 0) is 0 Å². The zero-order chi connectivity index (χ0) is 21.6. The van der Waals surface area contributed by atoms with Gasteiger partial charge in [-0.3, -0.25) is 4.98 Å². The first-order valence-electron chi connectivity index (χ1n) is 9.72.